The number of thioether (sulfide) groups is 1. The molecule has 0 spiro atoms. The predicted molar refractivity (Wildman–Crippen MR) is 73.9 cm³/mol. The second-order valence-corrected chi connectivity index (χ2v) is 5.48. The van der Waals surface area contributed by atoms with Gasteiger partial charge < -0.3 is 9.52 Å². The Morgan fingerprint density at radius 2 is 2.05 bits per heavy atom. The highest BCUT2D eigenvalue weighted by Gasteiger charge is 2.32. The summed E-state index contributed by atoms with van der Waals surface area (Å²) in [5.74, 6) is 1.32. The summed E-state index contributed by atoms with van der Waals surface area (Å²) in [6, 6.07) is 13.2. The molecular formula is C14H13NO3S. The molecule has 2 N–H and O–H groups in total. The summed E-state index contributed by atoms with van der Waals surface area (Å²) in [5, 5.41) is 11.9. The molecule has 1 fully saturated rings. The average molecular weight is 275 g/mol. The van der Waals surface area contributed by atoms with E-state index in [9.17, 15) is 4.79 Å². The van der Waals surface area contributed by atoms with Crippen molar-refractivity contribution in [3.63, 3.8) is 0 Å². The Balaban J connectivity index is 1.78. The normalized spacial score (nSPS) is 22.5. The van der Waals surface area contributed by atoms with Crippen LogP contribution in [0.2, 0.25) is 0 Å². The summed E-state index contributed by atoms with van der Waals surface area (Å²) < 4.78 is 5.81. The molecule has 0 bridgehead atoms. The lowest BCUT2D eigenvalue weighted by atomic mass is 10.2. The number of nitrogens with one attached hydrogen (secondary N) is 1. The fraction of sp³-hybridized carbons (Fsp3) is 0.214. The van der Waals surface area contributed by atoms with Gasteiger partial charge in [0.05, 0.1) is 0 Å². The summed E-state index contributed by atoms with van der Waals surface area (Å²) in [6.07, 6.45) is 0. The Labute approximate surface area is 114 Å². The first-order valence-electron chi connectivity index (χ1n) is 5.99. The zero-order chi connectivity index (χ0) is 13.2. The van der Waals surface area contributed by atoms with Gasteiger partial charge in [0, 0.05) is 11.3 Å². The van der Waals surface area contributed by atoms with E-state index < -0.39 is 12.0 Å². The largest absolute Gasteiger partial charge is 0.480 e. The first-order valence-corrected chi connectivity index (χ1v) is 7.04. The van der Waals surface area contributed by atoms with Crippen molar-refractivity contribution < 1.29 is 14.3 Å². The predicted octanol–water partition coefficient (Wildman–Crippen LogP) is 2.73. The molecule has 2 atom stereocenters. The molecule has 1 aliphatic heterocycles. The maximum atomic E-state index is 10.9. The van der Waals surface area contributed by atoms with Gasteiger partial charge in [0.1, 0.15) is 22.9 Å². The smallest absolute Gasteiger partial charge is 0.321 e. The van der Waals surface area contributed by atoms with Crippen molar-refractivity contribution in [1.29, 1.82) is 0 Å². The van der Waals surface area contributed by atoms with Crippen LogP contribution in [0.5, 0.6) is 0 Å². The van der Waals surface area contributed by atoms with Crippen LogP contribution in [-0.4, -0.2) is 22.9 Å². The number of hydrogen-bond acceptors (Lipinski definition) is 4. The van der Waals surface area contributed by atoms with Crippen LogP contribution in [0.25, 0.3) is 11.3 Å². The highest BCUT2D eigenvalue weighted by atomic mass is 32.2. The molecule has 4 nitrogen and oxygen atoms in total. The minimum absolute atomic E-state index is 0.0847. The topological polar surface area (TPSA) is 62.5 Å². The van der Waals surface area contributed by atoms with Gasteiger partial charge in [-0.3, -0.25) is 10.1 Å². The second-order valence-electron chi connectivity index (χ2n) is 4.34. The molecule has 0 amide bonds. The first kappa shape index (κ1) is 12.3. The minimum Gasteiger partial charge on any atom is -0.480 e. The van der Waals surface area contributed by atoms with Crippen molar-refractivity contribution in [2.75, 3.05) is 5.75 Å². The molecule has 0 saturated carbocycles. The number of benzene rings is 1. The van der Waals surface area contributed by atoms with E-state index in [1.165, 1.54) is 0 Å². The first-order chi connectivity index (χ1) is 9.24. The van der Waals surface area contributed by atoms with Crippen LogP contribution in [0.4, 0.5) is 0 Å². The number of aliphatic carboxylic acids is 1. The summed E-state index contributed by atoms with van der Waals surface area (Å²) in [6.45, 7) is 0. The number of furan rings is 1. The summed E-state index contributed by atoms with van der Waals surface area (Å²) in [4.78, 5) is 10.9. The molecule has 0 aliphatic carbocycles. The van der Waals surface area contributed by atoms with Crippen molar-refractivity contribution in [3.8, 4) is 11.3 Å². The van der Waals surface area contributed by atoms with Crippen LogP contribution in [0.3, 0.4) is 0 Å². The maximum absolute atomic E-state index is 10.9. The molecule has 2 heterocycles. The van der Waals surface area contributed by atoms with E-state index in [1.54, 1.807) is 11.8 Å². The molecule has 98 valence electrons. The van der Waals surface area contributed by atoms with Crippen molar-refractivity contribution in [1.82, 2.24) is 5.32 Å². The summed E-state index contributed by atoms with van der Waals surface area (Å²) in [7, 11) is 0. The SMILES string of the molecule is O=C(O)C1CSC(c2ccc(-c3ccccc3)o2)N1. The van der Waals surface area contributed by atoms with Crippen molar-refractivity contribution in [3.05, 3.63) is 48.2 Å². The van der Waals surface area contributed by atoms with Gasteiger partial charge in [-0.05, 0) is 12.1 Å². The Kier molecular flexibility index (Phi) is 3.31. The average Bonchev–Trinajstić information content (AvgIpc) is 3.09. The van der Waals surface area contributed by atoms with Crippen molar-refractivity contribution in [2.24, 2.45) is 0 Å². The van der Waals surface area contributed by atoms with E-state index in [-0.39, 0.29) is 5.37 Å². The lowest BCUT2D eigenvalue weighted by Crippen LogP contribution is -2.33. The van der Waals surface area contributed by atoms with Gasteiger partial charge in [-0.25, -0.2) is 0 Å². The maximum Gasteiger partial charge on any atom is 0.321 e. The van der Waals surface area contributed by atoms with Crippen LogP contribution >= 0.6 is 11.8 Å². The Hall–Kier alpha value is -1.72. The molecule has 0 radical (unpaired) electrons. The number of carboxylic acids is 1. The van der Waals surface area contributed by atoms with Gasteiger partial charge in [0.15, 0.2) is 0 Å². The Bertz CT molecular complexity index is 581. The molecule has 5 heteroatoms. The third kappa shape index (κ3) is 2.52. The molecule has 1 aromatic carbocycles. The zero-order valence-electron chi connectivity index (χ0n) is 10.1. The Morgan fingerprint density at radius 3 is 2.74 bits per heavy atom. The fourth-order valence-electron chi connectivity index (χ4n) is 2.03. The quantitative estimate of drug-likeness (QED) is 0.901. The van der Waals surface area contributed by atoms with E-state index in [0.29, 0.717) is 5.75 Å². The summed E-state index contributed by atoms with van der Waals surface area (Å²) >= 11 is 1.55. The third-order valence-corrected chi connectivity index (χ3v) is 4.25. The molecule has 2 unspecified atom stereocenters. The highest BCUT2D eigenvalue weighted by Crippen LogP contribution is 2.35. The third-order valence-electron chi connectivity index (χ3n) is 3.02. The Morgan fingerprint density at radius 1 is 1.26 bits per heavy atom. The number of rotatable bonds is 3. The molecule has 2 aromatic rings. The van der Waals surface area contributed by atoms with E-state index in [4.69, 9.17) is 9.52 Å². The molecule has 3 rings (SSSR count). The fourth-order valence-corrected chi connectivity index (χ4v) is 3.20. The van der Waals surface area contributed by atoms with Crippen LogP contribution in [0.1, 0.15) is 11.1 Å². The van der Waals surface area contributed by atoms with Crippen molar-refractivity contribution in [2.45, 2.75) is 11.4 Å². The van der Waals surface area contributed by atoms with E-state index in [2.05, 4.69) is 5.32 Å². The zero-order valence-corrected chi connectivity index (χ0v) is 10.9. The molecule has 1 aromatic heterocycles. The van der Waals surface area contributed by atoms with E-state index in [0.717, 1.165) is 17.1 Å². The molecule has 19 heavy (non-hydrogen) atoms. The second kappa shape index (κ2) is 5.11. The lowest BCUT2D eigenvalue weighted by Gasteiger charge is -2.07. The molecule has 1 saturated heterocycles. The monoisotopic (exact) mass is 275 g/mol. The van der Waals surface area contributed by atoms with Crippen molar-refractivity contribution >= 4 is 17.7 Å². The lowest BCUT2D eigenvalue weighted by molar-refractivity contribution is -0.138. The number of carboxylic acid groups (broad SMARTS) is 1. The van der Waals surface area contributed by atoms with Gasteiger partial charge in [0.2, 0.25) is 0 Å². The van der Waals surface area contributed by atoms with Gasteiger partial charge in [-0.1, -0.05) is 30.3 Å². The number of carbonyl (C=O) groups is 1. The molecular weight excluding hydrogens is 262 g/mol. The van der Waals surface area contributed by atoms with Crippen LogP contribution in [-0.2, 0) is 4.79 Å². The standard InChI is InChI=1S/C14H13NO3S/c16-14(17)10-8-19-13(15-10)12-7-6-11(18-12)9-4-2-1-3-5-9/h1-7,10,13,15H,8H2,(H,16,17). The highest BCUT2D eigenvalue weighted by molar-refractivity contribution is 7.99. The van der Waals surface area contributed by atoms with Gasteiger partial charge in [0.25, 0.3) is 0 Å². The van der Waals surface area contributed by atoms with Gasteiger partial charge >= 0.3 is 5.97 Å². The van der Waals surface area contributed by atoms with Crippen LogP contribution < -0.4 is 5.32 Å². The van der Waals surface area contributed by atoms with E-state index >= 15 is 0 Å². The van der Waals surface area contributed by atoms with E-state index in [1.807, 2.05) is 42.5 Å². The molecule has 1 aliphatic rings. The number of hydrogen-bond donors (Lipinski definition) is 2. The van der Waals surface area contributed by atoms with Gasteiger partial charge in [-0.2, -0.15) is 0 Å². The minimum atomic E-state index is -0.815. The van der Waals surface area contributed by atoms with Gasteiger partial charge in [-0.15, -0.1) is 11.8 Å². The van der Waals surface area contributed by atoms with Crippen LogP contribution in [0.15, 0.2) is 46.9 Å². The van der Waals surface area contributed by atoms with Crippen LogP contribution in [0, 0.1) is 0 Å². The summed E-state index contributed by atoms with van der Waals surface area (Å²) in [5.41, 5.74) is 1.02.